The molecular weight excluding hydrogens is 566 g/mol. The van der Waals surface area contributed by atoms with Gasteiger partial charge in [-0.2, -0.15) is 0 Å². The van der Waals surface area contributed by atoms with Crippen LogP contribution in [0.4, 0.5) is 0 Å². The highest BCUT2D eigenvalue weighted by Crippen LogP contribution is 2.56. The second-order valence-corrected chi connectivity index (χ2v) is 15.0. The minimum absolute atomic E-state index is 0.831. The number of allylic oxidation sites excluding steroid dienone is 2. The molecule has 0 spiro atoms. The van der Waals surface area contributed by atoms with Crippen LogP contribution in [0.2, 0.25) is 0 Å². The zero-order chi connectivity index (χ0) is 30.1. The molecule has 6 rings (SSSR count). The maximum Gasteiger partial charge on any atom is -0.00465 e. The standard InChI is InChI=1S/C42H36P2/c1-33(41(35-21-9-3-10-22-35)43(37-25-13-5-14-26-37)38-27-15-6-16-28-38)34(2)42(36-23-11-4-12-24-36)44(39-29-17-7-18-30-39)40-31-19-8-20-32-40/h3-32H,1-2H3/b41-33+,42-34+. The zero-order valence-corrected chi connectivity index (χ0v) is 27.0. The van der Waals surface area contributed by atoms with Gasteiger partial charge in [-0.1, -0.05) is 182 Å². The molecule has 0 aliphatic rings. The maximum absolute atomic E-state index is 2.35. The van der Waals surface area contributed by atoms with Gasteiger partial charge in [0, 0.05) is 0 Å². The lowest BCUT2D eigenvalue weighted by atomic mass is 10.0. The van der Waals surface area contributed by atoms with Gasteiger partial charge < -0.3 is 0 Å². The first-order chi connectivity index (χ1) is 21.7. The van der Waals surface area contributed by atoms with Gasteiger partial charge in [0.1, 0.15) is 0 Å². The van der Waals surface area contributed by atoms with E-state index >= 15 is 0 Å². The predicted molar refractivity (Wildman–Crippen MR) is 196 cm³/mol. The minimum Gasteiger partial charge on any atom is -0.0622 e. The fraction of sp³-hybridized carbons (Fsp3) is 0.0476. The molecule has 0 saturated carbocycles. The molecular formula is C42H36P2. The molecule has 0 aromatic heterocycles. The lowest BCUT2D eigenvalue weighted by Gasteiger charge is -2.29. The van der Waals surface area contributed by atoms with Crippen LogP contribution in [0.1, 0.15) is 25.0 Å². The van der Waals surface area contributed by atoms with Gasteiger partial charge in [-0.05, 0) is 83.8 Å². The second kappa shape index (κ2) is 14.4. The summed E-state index contributed by atoms with van der Waals surface area (Å²) in [5.74, 6) is 0. The van der Waals surface area contributed by atoms with Crippen molar-refractivity contribution >= 4 is 47.7 Å². The third-order valence-electron chi connectivity index (χ3n) is 7.87. The van der Waals surface area contributed by atoms with Crippen LogP contribution in [0.25, 0.3) is 10.6 Å². The normalized spacial score (nSPS) is 12.5. The molecule has 214 valence electrons. The molecule has 0 aliphatic carbocycles. The Bertz CT molecular complexity index is 1610. The summed E-state index contributed by atoms with van der Waals surface area (Å²) in [6.45, 7) is 4.70. The molecule has 0 fully saturated rings. The Morgan fingerprint density at radius 1 is 0.295 bits per heavy atom. The molecule has 0 nitrogen and oxygen atoms in total. The monoisotopic (exact) mass is 602 g/mol. The summed E-state index contributed by atoms with van der Waals surface area (Å²) in [5, 5.41) is 8.23. The summed E-state index contributed by atoms with van der Waals surface area (Å²) in [6.07, 6.45) is 0. The predicted octanol–water partition coefficient (Wildman–Crippen LogP) is 10.1. The fourth-order valence-corrected chi connectivity index (χ4v) is 11.0. The molecule has 0 bridgehead atoms. The van der Waals surface area contributed by atoms with E-state index in [0.717, 1.165) is 0 Å². The highest BCUT2D eigenvalue weighted by molar-refractivity contribution is 7.83. The van der Waals surface area contributed by atoms with E-state index in [2.05, 4.69) is 196 Å². The van der Waals surface area contributed by atoms with Gasteiger partial charge in [0.25, 0.3) is 0 Å². The lowest BCUT2D eigenvalue weighted by molar-refractivity contribution is 1.37. The fourth-order valence-electron chi connectivity index (χ4n) is 5.70. The van der Waals surface area contributed by atoms with Crippen LogP contribution in [-0.2, 0) is 0 Å². The number of hydrogen-bond donors (Lipinski definition) is 0. The third-order valence-corrected chi connectivity index (χ3v) is 13.2. The summed E-state index contributed by atoms with van der Waals surface area (Å²) in [7, 11) is -1.66. The van der Waals surface area contributed by atoms with Gasteiger partial charge in [0.2, 0.25) is 0 Å². The molecule has 44 heavy (non-hydrogen) atoms. The van der Waals surface area contributed by atoms with Crippen molar-refractivity contribution in [1.82, 2.24) is 0 Å². The topological polar surface area (TPSA) is 0 Å². The Balaban J connectivity index is 1.70. The largest absolute Gasteiger partial charge is 0.0622 e. The molecule has 0 atom stereocenters. The third kappa shape index (κ3) is 6.59. The Labute approximate surface area is 265 Å². The van der Waals surface area contributed by atoms with Crippen LogP contribution in [0.3, 0.4) is 0 Å². The highest BCUT2D eigenvalue weighted by Gasteiger charge is 2.27. The lowest BCUT2D eigenvalue weighted by Crippen LogP contribution is -2.15. The van der Waals surface area contributed by atoms with Crippen molar-refractivity contribution in [2.75, 3.05) is 0 Å². The van der Waals surface area contributed by atoms with Gasteiger partial charge >= 0.3 is 0 Å². The van der Waals surface area contributed by atoms with E-state index in [1.165, 1.54) is 54.1 Å². The van der Waals surface area contributed by atoms with Crippen LogP contribution >= 0.6 is 15.8 Å². The van der Waals surface area contributed by atoms with E-state index in [0.29, 0.717) is 0 Å². The first-order valence-corrected chi connectivity index (χ1v) is 17.7. The van der Waals surface area contributed by atoms with Crippen molar-refractivity contribution in [3.63, 3.8) is 0 Å². The second-order valence-electron chi connectivity index (χ2n) is 10.7. The summed E-state index contributed by atoms with van der Waals surface area (Å²) in [5.41, 5.74) is 5.24. The molecule has 6 aromatic carbocycles. The summed E-state index contributed by atoms with van der Waals surface area (Å²) < 4.78 is 0. The molecule has 6 aromatic rings. The van der Waals surface area contributed by atoms with Gasteiger partial charge in [-0.15, -0.1) is 0 Å². The first-order valence-electron chi connectivity index (χ1n) is 15.1. The van der Waals surface area contributed by atoms with E-state index in [1.807, 2.05) is 0 Å². The highest BCUT2D eigenvalue weighted by atomic mass is 31.1. The number of benzene rings is 6. The molecule has 0 heterocycles. The van der Waals surface area contributed by atoms with Crippen LogP contribution < -0.4 is 21.2 Å². The average molecular weight is 603 g/mol. The summed E-state index contributed by atoms with van der Waals surface area (Å²) in [6, 6.07) is 66.3. The minimum atomic E-state index is -0.831. The van der Waals surface area contributed by atoms with Crippen molar-refractivity contribution in [3.8, 4) is 0 Å². The number of hydrogen-bond acceptors (Lipinski definition) is 0. The zero-order valence-electron chi connectivity index (χ0n) is 25.2. The summed E-state index contributed by atoms with van der Waals surface area (Å²) in [4.78, 5) is 0. The Hall–Kier alpha value is -4.34. The molecule has 0 aliphatic heterocycles. The van der Waals surface area contributed by atoms with Crippen LogP contribution in [0.15, 0.2) is 193 Å². The van der Waals surface area contributed by atoms with Gasteiger partial charge in [0.05, 0.1) is 0 Å². The molecule has 0 N–H and O–H groups in total. The Morgan fingerprint density at radius 2 is 0.500 bits per heavy atom. The van der Waals surface area contributed by atoms with Gasteiger partial charge in [-0.3, -0.25) is 0 Å². The Kier molecular flexibility index (Phi) is 9.74. The first kappa shape index (κ1) is 29.7. The van der Waals surface area contributed by atoms with E-state index in [-0.39, 0.29) is 0 Å². The number of rotatable bonds is 9. The van der Waals surface area contributed by atoms with Crippen LogP contribution in [0, 0.1) is 0 Å². The van der Waals surface area contributed by atoms with Crippen molar-refractivity contribution in [2.24, 2.45) is 0 Å². The van der Waals surface area contributed by atoms with Gasteiger partial charge in [-0.25, -0.2) is 0 Å². The molecule has 0 radical (unpaired) electrons. The SMILES string of the molecule is CC(/C(C)=C(\c1ccccc1)P(c1ccccc1)c1ccccc1)=C(/c1ccccc1)P(c1ccccc1)c1ccccc1. The van der Waals surface area contributed by atoms with Gasteiger partial charge in [0.15, 0.2) is 0 Å². The molecule has 0 amide bonds. The summed E-state index contributed by atoms with van der Waals surface area (Å²) >= 11 is 0. The van der Waals surface area contributed by atoms with Crippen LogP contribution in [-0.4, -0.2) is 0 Å². The van der Waals surface area contributed by atoms with E-state index in [9.17, 15) is 0 Å². The van der Waals surface area contributed by atoms with E-state index < -0.39 is 15.8 Å². The van der Waals surface area contributed by atoms with Crippen molar-refractivity contribution in [2.45, 2.75) is 13.8 Å². The quantitative estimate of drug-likeness (QED) is 0.114. The van der Waals surface area contributed by atoms with Crippen LogP contribution in [0.5, 0.6) is 0 Å². The smallest absolute Gasteiger partial charge is 0.00465 e. The van der Waals surface area contributed by atoms with E-state index in [1.54, 1.807) is 0 Å². The molecule has 2 heteroatoms. The molecule has 0 saturated heterocycles. The maximum atomic E-state index is 2.35. The Morgan fingerprint density at radius 3 is 0.727 bits per heavy atom. The van der Waals surface area contributed by atoms with Crippen molar-refractivity contribution in [1.29, 1.82) is 0 Å². The van der Waals surface area contributed by atoms with Crippen molar-refractivity contribution < 1.29 is 0 Å². The van der Waals surface area contributed by atoms with E-state index in [4.69, 9.17) is 0 Å². The molecule has 0 unspecified atom stereocenters. The van der Waals surface area contributed by atoms with Crippen molar-refractivity contribution in [3.05, 3.63) is 204 Å². The average Bonchev–Trinajstić information content (AvgIpc) is 3.11.